The van der Waals surface area contributed by atoms with Gasteiger partial charge in [-0.1, -0.05) is 0 Å². The Hall–Kier alpha value is -2.14. The van der Waals surface area contributed by atoms with Crippen LogP contribution in [0.4, 0.5) is 11.5 Å². The van der Waals surface area contributed by atoms with Gasteiger partial charge in [0.25, 0.3) is 0 Å². The van der Waals surface area contributed by atoms with Crippen molar-refractivity contribution in [2.45, 2.75) is 32.6 Å². The summed E-state index contributed by atoms with van der Waals surface area (Å²) < 4.78 is 10.9. The fraction of sp³-hybridized carbons (Fsp3) is 0.444. The minimum Gasteiger partial charge on any atom is -0.494 e. The lowest BCUT2D eigenvalue weighted by Crippen LogP contribution is -2.16. The SMILES string of the molecule is CCOc1ccc(Nc2cc(C3CCOCC3)nc(C)n2)cc1. The zero-order valence-electron chi connectivity index (χ0n) is 13.7. The van der Waals surface area contributed by atoms with E-state index in [0.29, 0.717) is 12.5 Å². The Morgan fingerprint density at radius 1 is 1.17 bits per heavy atom. The average Bonchev–Trinajstić information content (AvgIpc) is 2.57. The van der Waals surface area contributed by atoms with Gasteiger partial charge in [-0.25, -0.2) is 9.97 Å². The lowest BCUT2D eigenvalue weighted by atomic mass is 9.96. The van der Waals surface area contributed by atoms with Crippen LogP contribution in [0.3, 0.4) is 0 Å². The van der Waals surface area contributed by atoms with Crippen LogP contribution in [-0.4, -0.2) is 29.8 Å². The number of aryl methyl sites for hydroxylation is 1. The maximum Gasteiger partial charge on any atom is 0.134 e. The standard InChI is InChI=1S/C18H23N3O2/c1-3-23-16-6-4-15(5-7-16)21-18-12-17(19-13(2)20-18)14-8-10-22-11-9-14/h4-7,12,14H,3,8-11H2,1-2H3,(H,19,20,21). The zero-order chi connectivity index (χ0) is 16.1. The number of nitrogens with zero attached hydrogens (tertiary/aromatic N) is 2. The topological polar surface area (TPSA) is 56.3 Å². The molecular weight excluding hydrogens is 290 g/mol. The molecule has 1 aliphatic rings. The monoisotopic (exact) mass is 313 g/mol. The number of aromatic nitrogens is 2. The van der Waals surface area contributed by atoms with Crippen molar-refractivity contribution in [2.24, 2.45) is 0 Å². The van der Waals surface area contributed by atoms with Gasteiger partial charge in [-0.15, -0.1) is 0 Å². The van der Waals surface area contributed by atoms with E-state index < -0.39 is 0 Å². The Kier molecular flexibility index (Phi) is 5.08. The largest absolute Gasteiger partial charge is 0.494 e. The predicted octanol–water partition coefficient (Wildman–Crippen LogP) is 3.82. The molecule has 0 spiro atoms. The summed E-state index contributed by atoms with van der Waals surface area (Å²) in [6.45, 7) is 6.22. The van der Waals surface area contributed by atoms with Crippen molar-refractivity contribution in [3.8, 4) is 5.75 Å². The van der Waals surface area contributed by atoms with Gasteiger partial charge in [-0.2, -0.15) is 0 Å². The van der Waals surface area contributed by atoms with Crippen LogP contribution in [0.1, 0.15) is 37.2 Å². The van der Waals surface area contributed by atoms with E-state index in [1.807, 2.05) is 38.1 Å². The van der Waals surface area contributed by atoms with Crippen LogP contribution in [0.2, 0.25) is 0 Å². The van der Waals surface area contributed by atoms with Crippen molar-refractivity contribution in [3.05, 3.63) is 41.9 Å². The smallest absolute Gasteiger partial charge is 0.134 e. The molecule has 0 atom stereocenters. The lowest BCUT2D eigenvalue weighted by Gasteiger charge is -2.22. The lowest BCUT2D eigenvalue weighted by molar-refractivity contribution is 0.0844. The first-order chi connectivity index (χ1) is 11.2. The maximum absolute atomic E-state index is 5.46. The molecular formula is C18H23N3O2. The fourth-order valence-corrected chi connectivity index (χ4v) is 2.81. The molecule has 1 aliphatic heterocycles. The van der Waals surface area contributed by atoms with Crippen LogP contribution < -0.4 is 10.1 Å². The van der Waals surface area contributed by atoms with E-state index >= 15 is 0 Å². The van der Waals surface area contributed by atoms with Gasteiger partial charge in [0.1, 0.15) is 17.4 Å². The Bertz CT molecular complexity index is 637. The molecule has 2 heterocycles. The Morgan fingerprint density at radius 3 is 2.61 bits per heavy atom. The molecule has 1 aromatic heterocycles. The van der Waals surface area contributed by atoms with Gasteiger partial charge >= 0.3 is 0 Å². The normalized spacial score (nSPS) is 15.4. The predicted molar refractivity (Wildman–Crippen MR) is 90.5 cm³/mol. The molecule has 0 radical (unpaired) electrons. The van der Waals surface area contributed by atoms with Gasteiger partial charge in [-0.3, -0.25) is 0 Å². The number of benzene rings is 1. The van der Waals surface area contributed by atoms with Crippen molar-refractivity contribution in [1.82, 2.24) is 9.97 Å². The molecule has 0 unspecified atom stereocenters. The van der Waals surface area contributed by atoms with Crippen LogP contribution >= 0.6 is 0 Å². The highest BCUT2D eigenvalue weighted by molar-refractivity contribution is 5.57. The van der Waals surface area contributed by atoms with Crippen LogP contribution in [0.5, 0.6) is 5.75 Å². The summed E-state index contributed by atoms with van der Waals surface area (Å²) in [6, 6.07) is 9.96. The van der Waals surface area contributed by atoms with E-state index in [9.17, 15) is 0 Å². The van der Waals surface area contributed by atoms with Crippen molar-refractivity contribution in [1.29, 1.82) is 0 Å². The zero-order valence-corrected chi connectivity index (χ0v) is 13.7. The minimum absolute atomic E-state index is 0.464. The summed E-state index contributed by atoms with van der Waals surface area (Å²) in [5, 5.41) is 3.36. The highest BCUT2D eigenvalue weighted by Gasteiger charge is 2.18. The first-order valence-corrected chi connectivity index (χ1v) is 8.18. The van der Waals surface area contributed by atoms with Crippen LogP contribution in [0.15, 0.2) is 30.3 Å². The highest BCUT2D eigenvalue weighted by atomic mass is 16.5. The molecule has 0 aliphatic carbocycles. The molecule has 1 saturated heterocycles. The first kappa shape index (κ1) is 15.7. The average molecular weight is 313 g/mol. The molecule has 2 aromatic rings. The van der Waals surface area contributed by atoms with Crippen LogP contribution in [-0.2, 0) is 4.74 Å². The molecule has 0 amide bonds. The summed E-state index contributed by atoms with van der Waals surface area (Å²) in [4.78, 5) is 9.11. The second-order valence-electron chi connectivity index (χ2n) is 5.69. The maximum atomic E-state index is 5.46. The molecule has 5 nitrogen and oxygen atoms in total. The molecule has 1 N–H and O–H groups in total. The van der Waals surface area contributed by atoms with E-state index in [0.717, 1.165) is 54.8 Å². The van der Waals surface area contributed by atoms with E-state index in [2.05, 4.69) is 21.4 Å². The Balaban J connectivity index is 1.75. The van der Waals surface area contributed by atoms with Crippen LogP contribution in [0, 0.1) is 6.92 Å². The van der Waals surface area contributed by atoms with Gasteiger partial charge < -0.3 is 14.8 Å². The van der Waals surface area contributed by atoms with Gasteiger partial charge in [0.2, 0.25) is 0 Å². The molecule has 3 rings (SSSR count). The van der Waals surface area contributed by atoms with E-state index in [1.54, 1.807) is 0 Å². The molecule has 1 aromatic carbocycles. The van der Waals surface area contributed by atoms with Gasteiger partial charge in [0, 0.05) is 36.6 Å². The van der Waals surface area contributed by atoms with E-state index in [1.165, 1.54) is 0 Å². The summed E-state index contributed by atoms with van der Waals surface area (Å²) in [5.74, 6) is 2.97. The second kappa shape index (κ2) is 7.42. The molecule has 122 valence electrons. The van der Waals surface area contributed by atoms with Crippen molar-refractivity contribution < 1.29 is 9.47 Å². The Morgan fingerprint density at radius 2 is 1.91 bits per heavy atom. The molecule has 0 saturated carbocycles. The summed E-state index contributed by atoms with van der Waals surface area (Å²) in [6.07, 6.45) is 2.05. The Labute approximate surface area is 137 Å². The van der Waals surface area contributed by atoms with Gasteiger partial charge in [0.15, 0.2) is 0 Å². The number of nitrogens with one attached hydrogen (secondary N) is 1. The third-order valence-corrected chi connectivity index (χ3v) is 3.94. The number of anilines is 2. The molecule has 5 heteroatoms. The minimum atomic E-state index is 0.464. The van der Waals surface area contributed by atoms with Crippen LogP contribution in [0.25, 0.3) is 0 Å². The summed E-state index contributed by atoms with van der Waals surface area (Å²) >= 11 is 0. The fourth-order valence-electron chi connectivity index (χ4n) is 2.81. The first-order valence-electron chi connectivity index (χ1n) is 8.18. The second-order valence-corrected chi connectivity index (χ2v) is 5.69. The molecule has 0 bridgehead atoms. The van der Waals surface area contributed by atoms with Gasteiger partial charge in [-0.05, 0) is 51.0 Å². The summed E-state index contributed by atoms with van der Waals surface area (Å²) in [5.41, 5.74) is 2.10. The van der Waals surface area contributed by atoms with E-state index in [4.69, 9.17) is 9.47 Å². The number of hydrogen-bond acceptors (Lipinski definition) is 5. The van der Waals surface area contributed by atoms with Crippen molar-refractivity contribution in [3.63, 3.8) is 0 Å². The number of hydrogen-bond donors (Lipinski definition) is 1. The van der Waals surface area contributed by atoms with Crippen molar-refractivity contribution in [2.75, 3.05) is 25.1 Å². The quantitative estimate of drug-likeness (QED) is 0.909. The highest BCUT2D eigenvalue weighted by Crippen LogP contribution is 2.27. The molecule has 23 heavy (non-hydrogen) atoms. The molecule has 1 fully saturated rings. The van der Waals surface area contributed by atoms with Gasteiger partial charge in [0.05, 0.1) is 6.61 Å². The summed E-state index contributed by atoms with van der Waals surface area (Å²) in [7, 11) is 0. The van der Waals surface area contributed by atoms with E-state index in [-0.39, 0.29) is 0 Å². The number of ether oxygens (including phenoxy) is 2. The van der Waals surface area contributed by atoms with Crippen molar-refractivity contribution >= 4 is 11.5 Å². The third-order valence-electron chi connectivity index (χ3n) is 3.94. The third kappa shape index (κ3) is 4.20. The number of rotatable bonds is 5.